The van der Waals surface area contributed by atoms with E-state index >= 15 is 0 Å². The number of alkyl halides is 3. The summed E-state index contributed by atoms with van der Waals surface area (Å²) < 4.78 is 51.7. The molecular formula is C32H41ClF3N3O6. The first-order valence-corrected chi connectivity index (χ1v) is 15.2. The molecule has 0 bridgehead atoms. The maximum absolute atomic E-state index is 12.4. The van der Waals surface area contributed by atoms with E-state index < -0.39 is 17.7 Å². The number of ether oxygens (including phenoxy) is 3. The Morgan fingerprint density at radius 3 is 2.24 bits per heavy atom. The van der Waals surface area contributed by atoms with Gasteiger partial charge >= 0.3 is 18.2 Å². The average molecular weight is 656 g/mol. The molecule has 13 heteroatoms. The molecule has 4 rings (SSSR count). The largest absolute Gasteiger partial charge is 0.490 e. The Morgan fingerprint density at radius 2 is 1.69 bits per heavy atom. The number of likely N-dealkylation sites (tertiary alicyclic amines) is 1. The number of rotatable bonds is 9. The fraction of sp³-hybridized carbons (Fsp3) is 0.531. The van der Waals surface area contributed by atoms with E-state index in [1.54, 1.807) is 0 Å². The summed E-state index contributed by atoms with van der Waals surface area (Å²) >= 11 is 6.02. The van der Waals surface area contributed by atoms with Crippen LogP contribution < -0.4 is 9.47 Å². The summed E-state index contributed by atoms with van der Waals surface area (Å²) in [5.74, 6) is 0.251. The summed E-state index contributed by atoms with van der Waals surface area (Å²) in [7, 11) is 0. The molecule has 9 nitrogen and oxygen atoms in total. The van der Waals surface area contributed by atoms with Crippen LogP contribution in [0.5, 0.6) is 11.5 Å². The number of carbonyl (C=O) groups excluding carboxylic acids is 1. The summed E-state index contributed by atoms with van der Waals surface area (Å²) in [6, 6.07) is 13.5. The molecule has 0 radical (unpaired) electrons. The third-order valence-electron chi connectivity index (χ3n) is 6.87. The van der Waals surface area contributed by atoms with E-state index in [1.807, 2.05) is 75.9 Å². The Morgan fingerprint density at radius 1 is 1.07 bits per heavy atom. The zero-order valence-electron chi connectivity index (χ0n) is 26.2. The minimum Gasteiger partial charge on any atom is -0.489 e. The fourth-order valence-electron chi connectivity index (χ4n) is 4.83. The van der Waals surface area contributed by atoms with Gasteiger partial charge in [-0.3, -0.25) is 0 Å². The Hall–Kier alpha value is -3.67. The van der Waals surface area contributed by atoms with Crippen molar-refractivity contribution in [2.24, 2.45) is 5.92 Å². The Balaban J connectivity index is 0.000000707. The predicted molar refractivity (Wildman–Crippen MR) is 165 cm³/mol. The first-order valence-electron chi connectivity index (χ1n) is 14.8. The van der Waals surface area contributed by atoms with Gasteiger partial charge in [0.2, 0.25) is 0 Å². The van der Waals surface area contributed by atoms with Gasteiger partial charge in [0.1, 0.15) is 35.0 Å². The van der Waals surface area contributed by atoms with Gasteiger partial charge in [0.05, 0.1) is 11.6 Å². The molecule has 1 aliphatic rings. The number of aryl methyl sites for hydroxylation is 1. The standard InChI is InChI=1S/C30H40ClN3O4.C2HF3O2/c1-21(2)37-26-10-6-9-25-28(26)32-27(20-36-24-13-11-23(31)12-14-24)34(25)17-7-8-22-15-18-33(19-16-22)29(35)38-30(3,4)5;3-2(4,5)1(6)7/h6,9-14,21-22H,7-8,15-20H2,1-5H3;(H,6,7). The molecule has 1 N–H and O–H groups in total. The summed E-state index contributed by atoms with van der Waals surface area (Å²) in [5, 5.41) is 7.80. The molecule has 0 atom stereocenters. The number of fused-ring (bicyclic) bond motifs is 1. The lowest BCUT2D eigenvalue weighted by molar-refractivity contribution is -0.192. The van der Waals surface area contributed by atoms with E-state index in [1.165, 1.54) is 0 Å². The number of carbonyl (C=O) groups is 2. The predicted octanol–water partition coefficient (Wildman–Crippen LogP) is 8.12. The lowest BCUT2D eigenvalue weighted by atomic mass is 9.92. The summed E-state index contributed by atoms with van der Waals surface area (Å²) in [6.45, 7) is 12.5. The molecular weight excluding hydrogens is 615 g/mol. The molecule has 1 amide bonds. The highest BCUT2D eigenvalue weighted by atomic mass is 35.5. The van der Waals surface area contributed by atoms with Gasteiger partial charge in [-0.25, -0.2) is 14.6 Å². The van der Waals surface area contributed by atoms with E-state index in [0.29, 0.717) is 17.5 Å². The number of piperidine rings is 1. The number of benzene rings is 2. The first-order chi connectivity index (χ1) is 21.0. The Labute approximate surface area is 266 Å². The fourth-order valence-corrected chi connectivity index (χ4v) is 4.95. The maximum Gasteiger partial charge on any atom is 0.490 e. The van der Waals surface area contributed by atoms with Crippen LogP contribution in [0.1, 0.15) is 66.1 Å². The molecule has 45 heavy (non-hydrogen) atoms. The number of hydrogen-bond donors (Lipinski definition) is 1. The number of aromatic nitrogens is 2. The lowest BCUT2D eigenvalue weighted by Gasteiger charge is -2.33. The van der Waals surface area contributed by atoms with Gasteiger partial charge in [0, 0.05) is 24.7 Å². The Bertz CT molecular complexity index is 1410. The van der Waals surface area contributed by atoms with Crippen molar-refractivity contribution in [1.82, 2.24) is 14.5 Å². The van der Waals surface area contributed by atoms with Gasteiger partial charge in [-0.2, -0.15) is 13.2 Å². The average Bonchev–Trinajstić information content (AvgIpc) is 3.30. The third-order valence-corrected chi connectivity index (χ3v) is 7.12. The molecule has 1 aliphatic heterocycles. The monoisotopic (exact) mass is 655 g/mol. The van der Waals surface area contributed by atoms with E-state index in [4.69, 9.17) is 40.7 Å². The molecule has 1 saturated heterocycles. The molecule has 2 aromatic carbocycles. The molecule has 0 saturated carbocycles. The number of carboxylic acids is 1. The first kappa shape index (κ1) is 35.8. The number of para-hydroxylation sites is 1. The van der Waals surface area contributed by atoms with Crippen LogP contribution in [0.2, 0.25) is 5.02 Å². The zero-order valence-corrected chi connectivity index (χ0v) is 27.0. The van der Waals surface area contributed by atoms with E-state index in [-0.39, 0.29) is 12.2 Å². The van der Waals surface area contributed by atoms with Crippen molar-refractivity contribution in [1.29, 1.82) is 0 Å². The van der Waals surface area contributed by atoms with Crippen LogP contribution in [-0.2, 0) is 22.7 Å². The molecule has 0 unspecified atom stereocenters. The minimum absolute atomic E-state index is 0.0612. The number of imidazole rings is 1. The molecule has 1 aromatic heterocycles. The van der Waals surface area contributed by atoms with Gasteiger partial charge in [0.15, 0.2) is 0 Å². The second-order valence-corrected chi connectivity index (χ2v) is 12.5. The van der Waals surface area contributed by atoms with Crippen molar-refractivity contribution >= 4 is 34.7 Å². The van der Waals surface area contributed by atoms with Crippen LogP contribution in [0.4, 0.5) is 18.0 Å². The van der Waals surface area contributed by atoms with Gasteiger partial charge in [-0.15, -0.1) is 0 Å². The van der Waals surface area contributed by atoms with E-state index in [2.05, 4.69) is 10.6 Å². The van der Waals surface area contributed by atoms with Crippen LogP contribution in [-0.4, -0.2) is 62.6 Å². The molecule has 2 heterocycles. The van der Waals surface area contributed by atoms with E-state index in [0.717, 1.165) is 73.7 Å². The maximum atomic E-state index is 12.4. The van der Waals surface area contributed by atoms with Gasteiger partial charge in [-0.1, -0.05) is 17.7 Å². The van der Waals surface area contributed by atoms with Crippen molar-refractivity contribution in [3.05, 3.63) is 53.3 Å². The smallest absolute Gasteiger partial charge is 0.489 e. The normalized spacial score (nSPS) is 14.2. The number of hydrogen-bond acceptors (Lipinski definition) is 6. The highest BCUT2D eigenvalue weighted by Crippen LogP contribution is 2.29. The van der Waals surface area contributed by atoms with E-state index in [9.17, 15) is 18.0 Å². The molecule has 0 spiro atoms. The van der Waals surface area contributed by atoms with Crippen LogP contribution in [0, 0.1) is 5.92 Å². The van der Waals surface area contributed by atoms with Crippen molar-refractivity contribution in [2.45, 2.75) is 91.3 Å². The second kappa shape index (κ2) is 15.6. The summed E-state index contributed by atoms with van der Waals surface area (Å²) in [5.41, 5.74) is 1.45. The van der Waals surface area contributed by atoms with Crippen molar-refractivity contribution < 1.29 is 42.1 Å². The molecule has 1 fully saturated rings. The van der Waals surface area contributed by atoms with Gasteiger partial charge in [0.25, 0.3) is 0 Å². The number of aliphatic carboxylic acids is 1. The number of amides is 1. The van der Waals surface area contributed by atoms with Crippen molar-refractivity contribution in [3.63, 3.8) is 0 Å². The van der Waals surface area contributed by atoms with Crippen molar-refractivity contribution in [3.8, 4) is 11.5 Å². The van der Waals surface area contributed by atoms with Gasteiger partial charge < -0.3 is 28.8 Å². The zero-order chi connectivity index (χ0) is 33.4. The lowest BCUT2D eigenvalue weighted by Crippen LogP contribution is -2.41. The highest BCUT2D eigenvalue weighted by Gasteiger charge is 2.38. The van der Waals surface area contributed by atoms with Gasteiger partial charge in [-0.05, 0) is 103 Å². The Kier molecular flexibility index (Phi) is 12.4. The number of nitrogens with zero attached hydrogens (tertiary/aromatic N) is 3. The summed E-state index contributed by atoms with van der Waals surface area (Å²) in [4.78, 5) is 28.1. The number of halogens is 4. The molecule has 3 aromatic rings. The topological polar surface area (TPSA) is 103 Å². The second-order valence-electron chi connectivity index (χ2n) is 12.1. The highest BCUT2D eigenvalue weighted by molar-refractivity contribution is 6.30. The van der Waals surface area contributed by atoms with Crippen molar-refractivity contribution in [2.75, 3.05) is 13.1 Å². The van der Waals surface area contributed by atoms with Crippen LogP contribution in [0.3, 0.4) is 0 Å². The number of carboxylic acid groups (broad SMARTS) is 1. The van der Waals surface area contributed by atoms with Crippen LogP contribution in [0.15, 0.2) is 42.5 Å². The minimum atomic E-state index is -5.08. The SMILES string of the molecule is CC(C)Oc1cccc2c1nc(COc1ccc(Cl)cc1)n2CCCC1CCN(C(=O)OC(C)(C)C)CC1.O=C(O)C(F)(F)F. The molecule has 0 aliphatic carbocycles. The molecule has 248 valence electrons. The third kappa shape index (κ3) is 11.3. The quantitative estimate of drug-likeness (QED) is 0.248. The van der Waals surface area contributed by atoms with Crippen LogP contribution in [0.25, 0.3) is 11.0 Å². The van der Waals surface area contributed by atoms with Crippen LogP contribution >= 0.6 is 11.6 Å². The summed E-state index contributed by atoms with van der Waals surface area (Å²) in [6.07, 6.45) is -1.10.